The molecule has 0 aromatic heterocycles. The molecule has 12 heavy (non-hydrogen) atoms. The number of alkyl halides is 4. The second-order valence-electron chi connectivity index (χ2n) is 3.34. The van der Waals surface area contributed by atoms with Gasteiger partial charge in [0.15, 0.2) is 6.17 Å². The molecule has 4 heteroatoms. The van der Waals surface area contributed by atoms with Crippen molar-refractivity contribution in [2.45, 2.75) is 44.5 Å². The third kappa shape index (κ3) is 2.35. The van der Waals surface area contributed by atoms with E-state index in [-0.39, 0.29) is 0 Å². The SMILES string of the molecule is FC(C1CCCCC1)C(F)(F)F. The van der Waals surface area contributed by atoms with E-state index < -0.39 is 18.3 Å². The van der Waals surface area contributed by atoms with Gasteiger partial charge in [-0.15, -0.1) is 0 Å². The van der Waals surface area contributed by atoms with Gasteiger partial charge in [-0.1, -0.05) is 19.3 Å². The zero-order valence-corrected chi connectivity index (χ0v) is 6.70. The molecular formula is C8H12F4. The summed E-state index contributed by atoms with van der Waals surface area (Å²) in [5.41, 5.74) is 0. The van der Waals surface area contributed by atoms with Gasteiger partial charge in [-0.05, 0) is 18.8 Å². The van der Waals surface area contributed by atoms with Crippen LogP contribution in [0.15, 0.2) is 0 Å². The second-order valence-corrected chi connectivity index (χ2v) is 3.34. The van der Waals surface area contributed by atoms with Gasteiger partial charge in [-0.2, -0.15) is 13.2 Å². The molecule has 0 heterocycles. The highest BCUT2D eigenvalue weighted by atomic mass is 19.4. The van der Waals surface area contributed by atoms with E-state index in [1.807, 2.05) is 0 Å². The maximum atomic E-state index is 12.7. The molecule has 1 saturated carbocycles. The minimum atomic E-state index is -4.65. The van der Waals surface area contributed by atoms with Gasteiger partial charge in [0.05, 0.1) is 0 Å². The van der Waals surface area contributed by atoms with Crippen LogP contribution < -0.4 is 0 Å². The molecule has 0 radical (unpaired) electrons. The van der Waals surface area contributed by atoms with Crippen molar-refractivity contribution in [1.82, 2.24) is 0 Å². The molecule has 0 aromatic rings. The Labute approximate surface area is 69.0 Å². The Kier molecular flexibility index (Phi) is 2.96. The highest BCUT2D eigenvalue weighted by molar-refractivity contribution is 4.78. The van der Waals surface area contributed by atoms with E-state index in [9.17, 15) is 17.6 Å². The minimum Gasteiger partial charge on any atom is -0.237 e. The largest absolute Gasteiger partial charge is 0.419 e. The van der Waals surface area contributed by atoms with E-state index in [1.54, 1.807) is 0 Å². The fourth-order valence-corrected chi connectivity index (χ4v) is 1.69. The Hall–Kier alpha value is -0.280. The first-order chi connectivity index (χ1) is 5.52. The number of rotatable bonds is 1. The van der Waals surface area contributed by atoms with Gasteiger partial charge in [-0.25, -0.2) is 4.39 Å². The predicted molar refractivity (Wildman–Crippen MR) is 37.5 cm³/mol. The van der Waals surface area contributed by atoms with Crippen molar-refractivity contribution in [3.05, 3.63) is 0 Å². The Morgan fingerprint density at radius 1 is 1.00 bits per heavy atom. The summed E-state index contributed by atoms with van der Waals surface area (Å²) in [4.78, 5) is 0. The van der Waals surface area contributed by atoms with Crippen LogP contribution in [-0.2, 0) is 0 Å². The second kappa shape index (κ2) is 3.62. The molecule has 72 valence electrons. The van der Waals surface area contributed by atoms with Crippen molar-refractivity contribution in [3.8, 4) is 0 Å². The Morgan fingerprint density at radius 3 is 1.92 bits per heavy atom. The summed E-state index contributed by atoms with van der Waals surface area (Å²) in [5, 5.41) is 0. The van der Waals surface area contributed by atoms with Crippen LogP contribution in [0.3, 0.4) is 0 Å². The number of hydrogen-bond acceptors (Lipinski definition) is 0. The van der Waals surface area contributed by atoms with Crippen LogP contribution in [0.1, 0.15) is 32.1 Å². The van der Waals surface area contributed by atoms with Gasteiger partial charge in [-0.3, -0.25) is 0 Å². The van der Waals surface area contributed by atoms with Crippen molar-refractivity contribution in [1.29, 1.82) is 0 Å². The molecular weight excluding hydrogens is 172 g/mol. The van der Waals surface area contributed by atoms with Crippen LogP contribution in [0.5, 0.6) is 0 Å². The lowest BCUT2D eigenvalue weighted by Crippen LogP contribution is -2.33. The normalized spacial score (nSPS) is 24.0. The third-order valence-electron chi connectivity index (χ3n) is 2.38. The summed E-state index contributed by atoms with van der Waals surface area (Å²) in [7, 11) is 0. The van der Waals surface area contributed by atoms with Crippen molar-refractivity contribution in [2.24, 2.45) is 5.92 Å². The van der Waals surface area contributed by atoms with Crippen LogP contribution in [0, 0.1) is 5.92 Å². The molecule has 0 aromatic carbocycles. The lowest BCUT2D eigenvalue weighted by Gasteiger charge is -2.26. The van der Waals surface area contributed by atoms with E-state index in [0.717, 1.165) is 19.3 Å². The average molecular weight is 184 g/mol. The summed E-state index contributed by atoms with van der Waals surface area (Å²) < 4.78 is 48.2. The van der Waals surface area contributed by atoms with Crippen LogP contribution in [-0.4, -0.2) is 12.3 Å². The van der Waals surface area contributed by atoms with E-state index in [4.69, 9.17) is 0 Å². The number of hydrogen-bond donors (Lipinski definition) is 0. The first-order valence-corrected chi connectivity index (χ1v) is 4.22. The van der Waals surface area contributed by atoms with Crippen LogP contribution in [0.25, 0.3) is 0 Å². The van der Waals surface area contributed by atoms with Gasteiger partial charge >= 0.3 is 6.18 Å². The fraction of sp³-hybridized carbons (Fsp3) is 1.00. The quantitative estimate of drug-likeness (QED) is 0.547. The van der Waals surface area contributed by atoms with E-state index in [2.05, 4.69) is 0 Å². The molecule has 0 saturated heterocycles. The molecule has 0 spiro atoms. The van der Waals surface area contributed by atoms with Crippen molar-refractivity contribution >= 4 is 0 Å². The number of halogens is 4. The van der Waals surface area contributed by atoms with Crippen LogP contribution >= 0.6 is 0 Å². The molecule has 0 bridgehead atoms. The van der Waals surface area contributed by atoms with Gasteiger partial charge in [0, 0.05) is 0 Å². The lowest BCUT2D eigenvalue weighted by atomic mass is 9.86. The molecule has 1 rings (SSSR count). The van der Waals surface area contributed by atoms with Gasteiger partial charge in [0.1, 0.15) is 0 Å². The van der Waals surface area contributed by atoms with Crippen molar-refractivity contribution in [2.75, 3.05) is 0 Å². The third-order valence-corrected chi connectivity index (χ3v) is 2.38. The highest BCUT2D eigenvalue weighted by Gasteiger charge is 2.45. The Balaban J connectivity index is 2.45. The zero-order valence-electron chi connectivity index (χ0n) is 6.70. The maximum Gasteiger partial charge on any atom is 0.419 e. The zero-order chi connectivity index (χ0) is 9.19. The van der Waals surface area contributed by atoms with E-state index in [0.29, 0.717) is 12.8 Å². The first kappa shape index (κ1) is 9.81. The fourth-order valence-electron chi connectivity index (χ4n) is 1.69. The first-order valence-electron chi connectivity index (χ1n) is 4.22. The average Bonchev–Trinajstić information content (AvgIpc) is 2.03. The summed E-state index contributed by atoms with van der Waals surface area (Å²) in [6, 6.07) is 0. The summed E-state index contributed by atoms with van der Waals surface area (Å²) in [5.74, 6) is -0.779. The van der Waals surface area contributed by atoms with E-state index in [1.165, 1.54) is 0 Å². The summed E-state index contributed by atoms with van der Waals surface area (Å²) >= 11 is 0. The standard InChI is InChI=1S/C8H12F4/c9-7(8(10,11)12)6-4-2-1-3-5-6/h6-7H,1-5H2. The lowest BCUT2D eigenvalue weighted by molar-refractivity contribution is -0.197. The van der Waals surface area contributed by atoms with Gasteiger partial charge < -0.3 is 0 Å². The molecule has 1 atom stereocenters. The molecule has 0 aliphatic heterocycles. The topological polar surface area (TPSA) is 0 Å². The molecule has 0 amide bonds. The smallest absolute Gasteiger partial charge is 0.237 e. The van der Waals surface area contributed by atoms with Crippen LogP contribution in [0.4, 0.5) is 17.6 Å². The van der Waals surface area contributed by atoms with E-state index >= 15 is 0 Å². The van der Waals surface area contributed by atoms with Gasteiger partial charge in [0.2, 0.25) is 0 Å². The molecule has 1 unspecified atom stereocenters. The maximum absolute atomic E-state index is 12.7. The molecule has 1 fully saturated rings. The van der Waals surface area contributed by atoms with Crippen molar-refractivity contribution in [3.63, 3.8) is 0 Å². The summed E-state index contributed by atoms with van der Waals surface area (Å²) in [6.45, 7) is 0. The predicted octanol–water partition coefficient (Wildman–Crippen LogP) is 3.47. The molecule has 1 aliphatic rings. The summed E-state index contributed by atoms with van der Waals surface area (Å²) in [6.07, 6.45) is -4.05. The minimum absolute atomic E-state index is 0.390. The molecule has 1 aliphatic carbocycles. The Morgan fingerprint density at radius 2 is 1.50 bits per heavy atom. The molecule has 0 nitrogen and oxygen atoms in total. The Bertz CT molecular complexity index is 134. The highest BCUT2D eigenvalue weighted by Crippen LogP contribution is 2.36. The van der Waals surface area contributed by atoms with Crippen LogP contribution in [0.2, 0.25) is 0 Å². The van der Waals surface area contributed by atoms with Crippen molar-refractivity contribution < 1.29 is 17.6 Å². The van der Waals surface area contributed by atoms with Gasteiger partial charge in [0.25, 0.3) is 0 Å². The molecule has 0 N–H and O–H groups in total. The monoisotopic (exact) mass is 184 g/mol.